The van der Waals surface area contributed by atoms with Crippen LogP contribution in [0.25, 0.3) is 0 Å². The van der Waals surface area contributed by atoms with Crippen molar-refractivity contribution in [3.8, 4) is 0 Å². The molecule has 14 heavy (non-hydrogen) atoms. The average Bonchev–Trinajstić information content (AvgIpc) is 2.17. The van der Waals surface area contributed by atoms with Crippen LogP contribution in [0.15, 0.2) is 0 Å². The maximum atomic E-state index is 10.6. The van der Waals surface area contributed by atoms with Crippen LogP contribution in [0.3, 0.4) is 0 Å². The quantitative estimate of drug-likeness (QED) is 0.760. The maximum absolute atomic E-state index is 10.6. The summed E-state index contributed by atoms with van der Waals surface area (Å²) in [5.74, 6) is 2.33. The summed E-state index contributed by atoms with van der Waals surface area (Å²) in [5, 5.41) is 20.1. The molecule has 0 aromatic rings. The molecule has 2 N–H and O–H groups in total. The fourth-order valence-electron chi connectivity index (χ4n) is 2.15. The Morgan fingerprint density at radius 1 is 1.36 bits per heavy atom. The zero-order valence-corrected chi connectivity index (χ0v) is 10.2. The highest BCUT2D eigenvalue weighted by Crippen LogP contribution is 2.45. The number of aliphatic hydroxyl groups is 2. The molecule has 1 fully saturated rings. The van der Waals surface area contributed by atoms with Gasteiger partial charge in [0.2, 0.25) is 0 Å². The Morgan fingerprint density at radius 3 is 2.21 bits per heavy atom. The molecule has 1 atom stereocenters. The van der Waals surface area contributed by atoms with Gasteiger partial charge < -0.3 is 10.2 Å². The lowest BCUT2D eigenvalue weighted by Gasteiger charge is -2.48. The summed E-state index contributed by atoms with van der Waals surface area (Å²) in [7, 11) is 0. The van der Waals surface area contributed by atoms with Crippen molar-refractivity contribution in [2.24, 2.45) is 11.3 Å². The predicted molar refractivity (Wildman–Crippen MR) is 61.5 cm³/mol. The predicted octanol–water partition coefficient (Wildman–Crippen LogP) is 1.90. The molecule has 0 saturated carbocycles. The summed E-state index contributed by atoms with van der Waals surface area (Å²) in [5.41, 5.74) is -1.02. The lowest BCUT2D eigenvalue weighted by atomic mass is 9.64. The van der Waals surface area contributed by atoms with Gasteiger partial charge in [-0.15, -0.1) is 0 Å². The number of hydrogen-bond acceptors (Lipinski definition) is 3. The Balaban J connectivity index is 2.85. The van der Waals surface area contributed by atoms with Crippen molar-refractivity contribution in [2.45, 2.75) is 39.2 Å². The van der Waals surface area contributed by atoms with Gasteiger partial charge in [0.1, 0.15) is 0 Å². The van der Waals surface area contributed by atoms with Gasteiger partial charge in [0.25, 0.3) is 0 Å². The molecule has 0 radical (unpaired) electrons. The molecule has 1 saturated heterocycles. The maximum Gasteiger partial charge on any atom is 0.0741 e. The van der Waals surface area contributed by atoms with Crippen LogP contribution in [0.1, 0.15) is 33.6 Å². The van der Waals surface area contributed by atoms with Gasteiger partial charge in [0, 0.05) is 5.41 Å². The lowest BCUT2D eigenvalue weighted by Crippen LogP contribution is -2.53. The normalized spacial score (nSPS) is 26.1. The van der Waals surface area contributed by atoms with Gasteiger partial charge >= 0.3 is 0 Å². The standard InChI is InChI=1S/C11H22O2S/c1-9(2)10(3,8-12)11(13)4-6-14-7-5-11/h9,12-13H,4-8H2,1-3H3. The SMILES string of the molecule is CC(C)C(C)(CO)C1(O)CCSCC1. The van der Waals surface area contributed by atoms with Gasteiger partial charge in [-0.25, -0.2) is 0 Å². The van der Waals surface area contributed by atoms with E-state index in [-0.39, 0.29) is 12.0 Å². The molecule has 0 spiro atoms. The minimum atomic E-state index is -0.666. The van der Waals surface area contributed by atoms with Crippen molar-refractivity contribution >= 4 is 11.8 Å². The summed E-state index contributed by atoms with van der Waals surface area (Å²) >= 11 is 1.89. The molecule has 1 rings (SSSR count). The van der Waals surface area contributed by atoms with Crippen molar-refractivity contribution < 1.29 is 10.2 Å². The summed E-state index contributed by atoms with van der Waals surface area (Å²) < 4.78 is 0. The first-order valence-corrected chi connectivity index (χ1v) is 6.53. The highest BCUT2D eigenvalue weighted by molar-refractivity contribution is 7.99. The van der Waals surface area contributed by atoms with Gasteiger partial charge in [0.15, 0.2) is 0 Å². The van der Waals surface area contributed by atoms with E-state index in [9.17, 15) is 10.2 Å². The molecule has 0 bridgehead atoms. The Bertz CT molecular complexity index is 188. The molecule has 0 aliphatic carbocycles. The van der Waals surface area contributed by atoms with Crippen molar-refractivity contribution in [2.75, 3.05) is 18.1 Å². The Kier molecular flexibility index (Phi) is 3.89. The molecule has 0 aromatic carbocycles. The first kappa shape index (κ1) is 12.3. The van der Waals surface area contributed by atoms with Crippen LogP contribution in [0, 0.1) is 11.3 Å². The molecule has 1 aliphatic heterocycles. The number of rotatable bonds is 3. The highest BCUT2D eigenvalue weighted by atomic mass is 32.2. The van der Waals surface area contributed by atoms with E-state index in [0.29, 0.717) is 5.92 Å². The molecule has 1 unspecified atom stereocenters. The summed E-state index contributed by atoms with van der Waals surface area (Å²) in [4.78, 5) is 0. The zero-order valence-electron chi connectivity index (χ0n) is 9.42. The third kappa shape index (κ3) is 1.95. The number of hydrogen-bond donors (Lipinski definition) is 2. The number of aliphatic hydroxyl groups excluding tert-OH is 1. The molecular formula is C11H22O2S. The third-order valence-electron chi connectivity index (χ3n) is 3.99. The third-order valence-corrected chi connectivity index (χ3v) is 4.97. The van der Waals surface area contributed by atoms with E-state index in [1.165, 1.54) is 0 Å². The van der Waals surface area contributed by atoms with Crippen LogP contribution < -0.4 is 0 Å². The average molecular weight is 218 g/mol. The molecular weight excluding hydrogens is 196 g/mol. The zero-order chi connectivity index (χ0) is 10.8. The van der Waals surface area contributed by atoms with Gasteiger partial charge in [-0.05, 0) is 30.3 Å². The first-order chi connectivity index (χ1) is 6.46. The molecule has 2 nitrogen and oxygen atoms in total. The van der Waals surface area contributed by atoms with Gasteiger partial charge in [0.05, 0.1) is 12.2 Å². The molecule has 0 aromatic heterocycles. The van der Waals surface area contributed by atoms with Crippen LogP contribution in [-0.2, 0) is 0 Å². The van der Waals surface area contributed by atoms with Crippen LogP contribution in [0.5, 0.6) is 0 Å². The summed E-state index contributed by atoms with van der Waals surface area (Å²) in [6.07, 6.45) is 1.62. The van der Waals surface area contributed by atoms with E-state index in [4.69, 9.17) is 0 Å². The van der Waals surface area contributed by atoms with E-state index in [1.54, 1.807) is 0 Å². The van der Waals surface area contributed by atoms with Crippen LogP contribution in [-0.4, -0.2) is 33.9 Å². The van der Waals surface area contributed by atoms with Crippen molar-refractivity contribution in [3.05, 3.63) is 0 Å². The molecule has 1 heterocycles. The van der Waals surface area contributed by atoms with E-state index in [1.807, 2.05) is 18.7 Å². The molecule has 0 amide bonds. The Morgan fingerprint density at radius 2 is 1.86 bits per heavy atom. The van der Waals surface area contributed by atoms with Crippen LogP contribution >= 0.6 is 11.8 Å². The largest absolute Gasteiger partial charge is 0.396 e. The van der Waals surface area contributed by atoms with E-state index in [2.05, 4.69) is 13.8 Å². The monoisotopic (exact) mass is 218 g/mol. The fourth-order valence-corrected chi connectivity index (χ4v) is 3.32. The molecule has 3 heteroatoms. The van der Waals surface area contributed by atoms with Crippen LogP contribution in [0.2, 0.25) is 0 Å². The Hall–Kier alpha value is 0.270. The van der Waals surface area contributed by atoms with Crippen LogP contribution in [0.4, 0.5) is 0 Å². The van der Waals surface area contributed by atoms with Gasteiger partial charge in [-0.3, -0.25) is 0 Å². The van der Waals surface area contributed by atoms with Gasteiger partial charge in [-0.2, -0.15) is 11.8 Å². The minimum Gasteiger partial charge on any atom is -0.396 e. The molecule has 1 aliphatic rings. The Labute approximate surface area is 91.1 Å². The van der Waals surface area contributed by atoms with Crippen molar-refractivity contribution in [1.29, 1.82) is 0 Å². The molecule has 84 valence electrons. The smallest absolute Gasteiger partial charge is 0.0741 e. The summed E-state index contributed by atoms with van der Waals surface area (Å²) in [6.45, 7) is 6.24. The minimum absolute atomic E-state index is 0.0752. The fraction of sp³-hybridized carbons (Fsp3) is 1.00. The highest BCUT2D eigenvalue weighted by Gasteiger charge is 2.48. The second-order valence-corrected chi connectivity index (χ2v) is 6.10. The van der Waals surface area contributed by atoms with E-state index < -0.39 is 5.60 Å². The van der Waals surface area contributed by atoms with Crippen molar-refractivity contribution in [1.82, 2.24) is 0 Å². The first-order valence-electron chi connectivity index (χ1n) is 5.37. The van der Waals surface area contributed by atoms with E-state index >= 15 is 0 Å². The van der Waals surface area contributed by atoms with Gasteiger partial charge in [-0.1, -0.05) is 20.8 Å². The topological polar surface area (TPSA) is 40.5 Å². The second-order valence-electron chi connectivity index (χ2n) is 4.87. The number of thioether (sulfide) groups is 1. The van der Waals surface area contributed by atoms with E-state index in [0.717, 1.165) is 24.3 Å². The van der Waals surface area contributed by atoms with Crippen molar-refractivity contribution in [3.63, 3.8) is 0 Å². The summed E-state index contributed by atoms with van der Waals surface area (Å²) in [6, 6.07) is 0. The second kappa shape index (κ2) is 4.42. The lowest BCUT2D eigenvalue weighted by molar-refractivity contribution is -0.128.